The molecule has 6 nitrogen and oxygen atoms in total. The van der Waals surface area contributed by atoms with Crippen molar-refractivity contribution in [2.75, 3.05) is 11.9 Å². The summed E-state index contributed by atoms with van der Waals surface area (Å²) in [5.74, 6) is 0.863. The van der Waals surface area contributed by atoms with Crippen molar-refractivity contribution in [1.29, 1.82) is 0 Å². The molecule has 1 amide bonds. The van der Waals surface area contributed by atoms with Gasteiger partial charge in [-0.05, 0) is 36.1 Å². The molecule has 0 aliphatic heterocycles. The van der Waals surface area contributed by atoms with Gasteiger partial charge >= 0.3 is 0 Å². The SMILES string of the molecule is NC(=O)c1ccc(-c2ccc(C(=O)CNc3cc(C4CC4)[nH]n3)cc2)cc1. The van der Waals surface area contributed by atoms with Gasteiger partial charge in [0.1, 0.15) is 5.82 Å². The van der Waals surface area contributed by atoms with Crippen molar-refractivity contribution < 1.29 is 9.59 Å². The van der Waals surface area contributed by atoms with Crippen LogP contribution in [0, 0.1) is 0 Å². The highest BCUT2D eigenvalue weighted by Crippen LogP contribution is 2.39. The molecule has 1 aliphatic carbocycles. The van der Waals surface area contributed by atoms with Gasteiger partial charge in [0.15, 0.2) is 5.78 Å². The summed E-state index contributed by atoms with van der Waals surface area (Å²) >= 11 is 0. The Kier molecular flexibility index (Phi) is 4.46. The lowest BCUT2D eigenvalue weighted by atomic mass is 10.0. The van der Waals surface area contributed by atoms with Crippen LogP contribution in [-0.2, 0) is 0 Å². The number of ketones is 1. The number of rotatable bonds is 7. The molecular formula is C21H20N4O2. The fraction of sp³-hybridized carbons (Fsp3) is 0.190. The zero-order chi connectivity index (χ0) is 18.8. The number of carbonyl (C=O) groups excluding carboxylic acids is 2. The number of benzene rings is 2. The molecule has 1 saturated carbocycles. The summed E-state index contributed by atoms with van der Waals surface area (Å²) < 4.78 is 0. The van der Waals surface area contributed by atoms with Gasteiger partial charge in [0.2, 0.25) is 5.91 Å². The molecule has 2 aromatic carbocycles. The van der Waals surface area contributed by atoms with E-state index in [1.807, 2.05) is 42.5 Å². The number of amides is 1. The van der Waals surface area contributed by atoms with Gasteiger partial charge in [0, 0.05) is 28.8 Å². The minimum absolute atomic E-state index is 0.00148. The van der Waals surface area contributed by atoms with Crippen molar-refractivity contribution in [3.63, 3.8) is 0 Å². The first-order valence-electron chi connectivity index (χ1n) is 8.93. The highest BCUT2D eigenvalue weighted by atomic mass is 16.1. The minimum Gasteiger partial charge on any atom is -0.366 e. The molecule has 6 heteroatoms. The average molecular weight is 360 g/mol. The van der Waals surface area contributed by atoms with Gasteiger partial charge in [-0.3, -0.25) is 14.7 Å². The third kappa shape index (κ3) is 3.89. The third-order valence-electron chi connectivity index (χ3n) is 4.75. The van der Waals surface area contributed by atoms with E-state index in [9.17, 15) is 9.59 Å². The van der Waals surface area contributed by atoms with Gasteiger partial charge in [-0.25, -0.2) is 0 Å². The van der Waals surface area contributed by atoms with E-state index in [2.05, 4.69) is 15.5 Å². The number of nitrogens with two attached hydrogens (primary N) is 1. The van der Waals surface area contributed by atoms with E-state index in [0.717, 1.165) is 16.8 Å². The molecule has 0 atom stereocenters. The second kappa shape index (κ2) is 7.07. The van der Waals surface area contributed by atoms with Gasteiger partial charge < -0.3 is 11.1 Å². The summed E-state index contributed by atoms with van der Waals surface area (Å²) in [7, 11) is 0. The molecule has 4 rings (SSSR count). The van der Waals surface area contributed by atoms with Crippen LogP contribution in [0.1, 0.15) is 45.2 Å². The van der Waals surface area contributed by atoms with Crippen LogP contribution in [0.5, 0.6) is 0 Å². The minimum atomic E-state index is -0.448. The van der Waals surface area contributed by atoms with Crippen molar-refractivity contribution >= 4 is 17.5 Å². The molecular weight excluding hydrogens is 340 g/mol. The lowest BCUT2D eigenvalue weighted by Crippen LogP contribution is -2.14. The van der Waals surface area contributed by atoms with E-state index in [1.54, 1.807) is 12.1 Å². The Morgan fingerprint density at radius 1 is 1.00 bits per heavy atom. The molecule has 4 N–H and O–H groups in total. The van der Waals surface area contributed by atoms with E-state index in [4.69, 9.17) is 5.73 Å². The Hall–Kier alpha value is -3.41. The zero-order valence-electron chi connectivity index (χ0n) is 14.7. The number of hydrogen-bond donors (Lipinski definition) is 3. The highest BCUT2D eigenvalue weighted by Gasteiger charge is 2.25. The summed E-state index contributed by atoms with van der Waals surface area (Å²) in [5.41, 5.74) is 9.43. The number of hydrogen-bond acceptors (Lipinski definition) is 4. The molecule has 1 fully saturated rings. The van der Waals surface area contributed by atoms with Crippen molar-refractivity contribution in [2.45, 2.75) is 18.8 Å². The van der Waals surface area contributed by atoms with E-state index in [-0.39, 0.29) is 12.3 Å². The molecule has 136 valence electrons. The van der Waals surface area contributed by atoms with Gasteiger partial charge in [-0.1, -0.05) is 36.4 Å². The second-order valence-electron chi connectivity index (χ2n) is 6.78. The summed E-state index contributed by atoms with van der Waals surface area (Å²) in [5, 5.41) is 10.3. The van der Waals surface area contributed by atoms with Gasteiger partial charge in [-0.2, -0.15) is 5.10 Å². The lowest BCUT2D eigenvalue weighted by Gasteiger charge is -2.06. The maximum absolute atomic E-state index is 12.4. The fourth-order valence-electron chi connectivity index (χ4n) is 2.98. The number of carbonyl (C=O) groups is 2. The number of nitrogens with zero attached hydrogens (tertiary/aromatic N) is 1. The van der Waals surface area contributed by atoms with E-state index in [1.165, 1.54) is 12.8 Å². The third-order valence-corrected chi connectivity index (χ3v) is 4.75. The van der Waals surface area contributed by atoms with Crippen molar-refractivity contribution in [1.82, 2.24) is 10.2 Å². The molecule has 3 aromatic rings. The smallest absolute Gasteiger partial charge is 0.248 e. The molecule has 0 saturated heterocycles. The van der Waals surface area contributed by atoms with Crippen LogP contribution in [-0.4, -0.2) is 28.4 Å². The van der Waals surface area contributed by atoms with Gasteiger partial charge in [0.25, 0.3) is 0 Å². The Morgan fingerprint density at radius 3 is 2.15 bits per heavy atom. The predicted molar refractivity (Wildman–Crippen MR) is 104 cm³/mol. The van der Waals surface area contributed by atoms with Crippen LogP contribution >= 0.6 is 0 Å². The van der Waals surface area contributed by atoms with E-state index < -0.39 is 5.91 Å². The Bertz CT molecular complexity index is 970. The molecule has 0 spiro atoms. The van der Waals surface area contributed by atoms with Crippen molar-refractivity contribution in [3.05, 3.63) is 71.4 Å². The molecule has 0 bridgehead atoms. The molecule has 1 aromatic heterocycles. The zero-order valence-corrected chi connectivity index (χ0v) is 14.7. The fourth-order valence-corrected chi connectivity index (χ4v) is 2.98. The normalized spacial score (nSPS) is 13.3. The summed E-state index contributed by atoms with van der Waals surface area (Å²) in [6.07, 6.45) is 2.41. The number of Topliss-reactive ketones (excluding diaryl/α,β-unsaturated/α-hetero) is 1. The summed E-state index contributed by atoms with van der Waals surface area (Å²) in [4.78, 5) is 23.5. The number of primary amides is 1. The Balaban J connectivity index is 1.38. The van der Waals surface area contributed by atoms with Crippen LogP contribution in [0.15, 0.2) is 54.6 Å². The summed E-state index contributed by atoms with van der Waals surface area (Å²) in [6.45, 7) is 0.196. The molecule has 0 unspecified atom stereocenters. The maximum Gasteiger partial charge on any atom is 0.248 e. The predicted octanol–water partition coefficient (Wildman–Crippen LogP) is 3.35. The van der Waals surface area contributed by atoms with Crippen LogP contribution in [0.25, 0.3) is 11.1 Å². The number of anilines is 1. The Morgan fingerprint density at radius 2 is 1.59 bits per heavy atom. The van der Waals surface area contributed by atoms with E-state index >= 15 is 0 Å². The van der Waals surface area contributed by atoms with Crippen LogP contribution in [0.4, 0.5) is 5.82 Å². The number of aromatic nitrogens is 2. The lowest BCUT2D eigenvalue weighted by molar-refractivity contribution is 0.0994. The molecule has 1 heterocycles. The molecule has 0 radical (unpaired) electrons. The van der Waals surface area contributed by atoms with Gasteiger partial charge in [-0.15, -0.1) is 0 Å². The van der Waals surface area contributed by atoms with Crippen molar-refractivity contribution in [3.8, 4) is 11.1 Å². The first-order valence-corrected chi connectivity index (χ1v) is 8.93. The monoisotopic (exact) mass is 360 g/mol. The average Bonchev–Trinajstić information content (AvgIpc) is 3.44. The first kappa shape index (κ1) is 17.0. The standard InChI is InChI=1S/C21H20N4O2/c22-21(27)17-9-3-14(4-10-17)13-1-7-16(8-2-13)19(26)12-23-20-11-18(24-25-20)15-5-6-15/h1-4,7-11,15H,5-6,12H2,(H2,22,27)(H2,23,24,25). The van der Waals surface area contributed by atoms with Gasteiger partial charge in [0.05, 0.1) is 6.54 Å². The Labute approximate surface area is 156 Å². The largest absolute Gasteiger partial charge is 0.366 e. The number of aromatic amines is 1. The van der Waals surface area contributed by atoms with Crippen molar-refractivity contribution in [2.24, 2.45) is 5.73 Å². The number of H-pyrrole nitrogens is 1. The topological polar surface area (TPSA) is 101 Å². The van der Waals surface area contributed by atoms with Crippen LogP contribution in [0.2, 0.25) is 0 Å². The highest BCUT2D eigenvalue weighted by molar-refractivity contribution is 5.99. The maximum atomic E-state index is 12.4. The first-order chi connectivity index (χ1) is 13.1. The van der Waals surface area contributed by atoms with E-state index in [0.29, 0.717) is 22.9 Å². The molecule has 1 aliphatic rings. The van der Waals surface area contributed by atoms with Crippen LogP contribution < -0.4 is 11.1 Å². The molecule has 27 heavy (non-hydrogen) atoms. The summed E-state index contributed by atoms with van der Waals surface area (Å²) in [6, 6.07) is 16.5. The quantitative estimate of drug-likeness (QED) is 0.562. The second-order valence-corrected chi connectivity index (χ2v) is 6.78. The van der Waals surface area contributed by atoms with Crippen LogP contribution in [0.3, 0.4) is 0 Å². The number of nitrogens with one attached hydrogen (secondary N) is 2.